The molecule has 0 aliphatic carbocycles. The number of ether oxygens (including phenoxy) is 1. The molecule has 80 valence electrons. The Labute approximate surface area is 92.7 Å². The number of aryl methyl sites for hydroxylation is 1. The van der Waals surface area contributed by atoms with E-state index in [4.69, 9.17) is 15.3 Å². The summed E-state index contributed by atoms with van der Waals surface area (Å²) < 4.78 is 6.46. The third kappa shape index (κ3) is 2.69. The first kappa shape index (κ1) is 11.5. The monoisotopic (exact) mass is 215 g/mol. The van der Waals surface area contributed by atoms with Gasteiger partial charge in [0.25, 0.3) is 0 Å². The van der Waals surface area contributed by atoms with Crippen LogP contribution in [-0.2, 0) is 4.74 Å². The van der Waals surface area contributed by atoms with E-state index in [1.54, 1.807) is 25.3 Å². The Balaban J connectivity index is 3.01. The number of nitrogens with zero attached hydrogens (tertiary/aromatic N) is 5. The maximum atomic E-state index is 8.54. The highest BCUT2D eigenvalue weighted by atomic mass is 16.5. The van der Waals surface area contributed by atoms with Crippen molar-refractivity contribution in [3.05, 3.63) is 29.6 Å². The van der Waals surface area contributed by atoms with Gasteiger partial charge in [-0.15, -0.1) is 5.10 Å². The average Bonchev–Trinajstić information content (AvgIpc) is 2.71. The standard InChI is InChI=1S/C10H9N5O/c1-8-7-15(14-13-8)10(16-2)4-3-9(5-11)6-12/h3-4,7H,1-2H3/b10-4-. The van der Waals surface area contributed by atoms with Crippen molar-refractivity contribution >= 4 is 5.88 Å². The quantitative estimate of drug-likeness (QED) is 0.426. The van der Waals surface area contributed by atoms with Gasteiger partial charge in [-0.3, -0.25) is 0 Å². The van der Waals surface area contributed by atoms with E-state index in [9.17, 15) is 0 Å². The van der Waals surface area contributed by atoms with Gasteiger partial charge >= 0.3 is 0 Å². The van der Waals surface area contributed by atoms with E-state index in [2.05, 4.69) is 10.3 Å². The molecule has 6 nitrogen and oxygen atoms in total. The van der Waals surface area contributed by atoms with Gasteiger partial charge < -0.3 is 4.74 Å². The maximum Gasteiger partial charge on any atom is 0.215 e. The Morgan fingerprint density at radius 1 is 1.44 bits per heavy atom. The van der Waals surface area contributed by atoms with Gasteiger partial charge in [-0.25, -0.2) is 0 Å². The van der Waals surface area contributed by atoms with Crippen molar-refractivity contribution in [2.24, 2.45) is 0 Å². The van der Waals surface area contributed by atoms with Crippen LogP contribution in [-0.4, -0.2) is 22.1 Å². The fraction of sp³-hybridized carbons (Fsp3) is 0.200. The molecule has 16 heavy (non-hydrogen) atoms. The molecule has 1 rings (SSSR count). The van der Waals surface area contributed by atoms with Crippen LogP contribution in [0.5, 0.6) is 0 Å². The van der Waals surface area contributed by atoms with E-state index in [0.29, 0.717) is 5.88 Å². The number of aromatic nitrogens is 3. The normalized spacial score (nSPS) is 10.1. The summed E-state index contributed by atoms with van der Waals surface area (Å²) in [6.07, 6.45) is 4.51. The average molecular weight is 215 g/mol. The van der Waals surface area contributed by atoms with Crippen LogP contribution in [0, 0.1) is 29.6 Å². The predicted octanol–water partition coefficient (Wildman–Crippen LogP) is 1.00. The van der Waals surface area contributed by atoms with Gasteiger partial charge in [-0.1, -0.05) is 5.21 Å². The Hall–Kier alpha value is -2.60. The summed E-state index contributed by atoms with van der Waals surface area (Å²) in [5.74, 6) is 0.378. The maximum absolute atomic E-state index is 8.54. The van der Waals surface area contributed by atoms with Gasteiger partial charge in [-0.05, 0) is 13.0 Å². The molecule has 0 unspecified atom stereocenters. The SMILES string of the molecule is CO/C(=C\C=C(C#N)C#N)n1cc(C)nn1. The molecule has 1 aromatic heterocycles. The smallest absolute Gasteiger partial charge is 0.215 e. The van der Waals surface area contributed by atoms with Crippen LogP contribution in [0.1, 0.15) is 5.69 Å². The van der Waals surface area contributed by atoms with Crippen molar-refractivity contribution in [3.8, 4) is 12.1 Å². The van der Waals surface area contributed by atoms with Crippen LogP contribution in [0.3, 0.4) is 0 Å². The summed E-state index contributed by atoms with van der Waals surface area (Å²) in [6, 6.07) is 3.48. The molecule has 0 amide bonds. The first-order valence-corrected chi connectivity index (χ1v) is 4.36. The van der Waals surface area contributed by atoms with Gasteiger partial charge in [0.2, 0.25) is 5.88 Å². The van der Waals surface area contributed by atoms with Gasteiger partial charge in [0.1, 0.15) is 17.7 Å². The van der Waals surface area contributed by atoms with Crippen LogP contribution in [0.2, 0.25) is 0 Å². The number of nitriles is 2. The molecule has 6 heteroatoms. The molecule has 0 aliphatic heterocycles. The summed E-state index contributed by atoms with van der Waals surface area (Å²) in [4.78, 5) is 0. The van der Waals surface area contributed by atoms with Crippen LogP contribution in [0.25, 0.3) is 5.88 Å². The molecule has 0 N–H and O–H groups in total. The number of allylic oxidation sites excluding steroid dienone is 3. The second-order valence-electron chi connectivity index (χ2n) is 2.82. The zero-order chi connectivity index (χ0) is 12.0. The first-order chi connectivity index (χ1) is 7.71. The third-order valence-corrected chi connectivity index (χ3v) is 1.68. The molecular weight excluding hydrogens is 206 g/mol. The van der Waals surface area contributed by atoms with Crippen LogP contribution in [0.4, 0.5) is 0 Å². The van der Waals surface area contributed by atoms with Crippen molar-refractivity contribution in [3.63, 3.8) is 0 Å². The van der Waals surface area contributed by atoms with Crippen LogP contribution >= 0.6 is 0 Å². The lowest BCUT2D eigenvalue weighted by molar-refractivity contribution is 0.335. The first-order valence-electron chi connectivity index (χ1n) is 4.36. The molecule has 0 atom stereocenters. The van der Waals surface area contributed by atoms with E-state index in [1.807, 2.05) is 0 Å². The van der Waals surface area contributed by atoms with Crippen LogP contribution in [0.15, 0.2) is 23.9 Å². The van der Waals surface area contributed by atoms with Crippen molar-refractivity contribution < 1.29 is 4.74 Å². The van der Waals surface area contributed by atoms with E-state index >= 15 is 0 Å². The molecule has 0 fully saturated rings. The van der Waals surface area contributed by atoms with Gasteiger partial charge in [-0.2, -0.15) is 15.2 Å². The molecule has 0 aliphatic rings. The van der Waals surface area contributed by atoms with E-state index in [0.717, 1.165) is 5.69 Å². The van der Waals surface area contributed by atoms with Crippen molar-refractivity contribution in [2.45, 2.75) is 6.92 Å². The van der Waals surface area contributed by atoms with Gasteiger partial charge in [0.05, 0.1) is 19.0 Å². The number of rotatable bonds is 3. The largest absolute Gasteiger partial charge is 0.481 e. The van der Waals surface area contributed by atoms with Crippen molar-refractivity contribution in [2.75, 3.05) is 7.11 Å². The minimum Gasteiger partial charge on any atom is -0.481 e. The highest BCUT2D eigenvalue weighted by Gasteiger charge is 2.01. The molecule has 0 radical (unpaired) electrons. The van der Waals surface area contributed by atoms with Gasteiger partial charge in [0, 0.05) is 6.08 Å². The van der Waals surface area contributed by atoms with Crippen molar-refractivity contribution in [1.29, 1.82) is 10.5 Å². The fourth-order valence-electron chi connectivity index (χ4n) is 0.947. The number of hydrogen-bond acceptors (Lipinski definition) is 5. The molecule has 1 heterocycles. The van der Waals surface area contributed by atoms with Crippen LogP contribution < -0.4 is 0 Å². The number of methoxy groups -OCH3 is 1. The minimum atomic E-state index is -0.00797. The van der Waals surface area contributed by atoms with E-state index < -0.39 is 0 Å². The topological polar surface area (TPSA) is 87.5 Å². The zero-order valence-electron chi connectivity index (χ0n) is 8.88. The Morgan fingerprint density at radius 3 is 2.56 bits per heavy atom. The van der Waals surface area contributed by atoms with Crippen molar-refractivity contribution in [1.82, 2.24) is 15.0 Å². The van der Waals surface area contributed by atoms with E-state index in [1.165, 1.54) is 23.9 Å². The summed E-state index contributed by atoms with van der Waals surface area (Å²) in [7, 11) is 1.47. The summed E-state index contributed by atoms with van der Waals surface area (Å²) in [5, 5.41) is 24.7. The summed E-state index contributed by atoms with van der Waals surface area (Å²) in [5.41, 5.74) is 0.735. The Bertz CT molecular complexity index is 496. The summed E-state index contributed by atoms with van der Waals surface area (Å²) >= 11 is 0. The highest BCUT2D eigenvalue weighted by molar-refractivity contribution is 5.45. The molecule has 0 saturated heterocycles. The molecule has 0 aromatic carbocycles. The zero-order valence-corrected chi connectivity index (χ0v) is 8.88. The molecular formula is C10H9N5O. The molecule has 0 saturated carbocycles. The lowest BCUT2D eigenvalue weighted by atomic mass is 10.3. The molecule has 1 aromatic rings. The second kappa shape index (κ2) is 5.32. The Morgan fingerprint density at radius 2 is 2.12 bits per heavy atom. The lowest BCUT2D eigenvalue weighted by Gasteiger charge is -2.02. The lowest BCUT2D eigenvalue weighted by Crippen LogP contribution is -1.99. The molecule has 0 bridgehead atoms. The summed E-state index contributed by atoms with van der Waals surface area (Å²) in [6.45, 7) is 1.79. The minimum absolute atomic E-state index is 0.00797. The third-order valence-electron chi connectivity index (χ3n) is 1.68. The number of hydrogen-bond donors (Lipinski definition) is 0. The Kier molecular flexibility index (Phi) is 3.82. The van der Waals surface area contributed by atoms with E-state index in [-0.39, 0.29) is 5.57 Å². The highest BCUT2D eigenvalue weighted by Crippen LogP contribution is 2.05. The second-order valence-corrected chi connectivity index (χ2v) is 2.82. The predicted molar refractivity (Wildman–Crippen MR) is 55.4 cm³/mol. The van der Waals surface area contributed by atoms with Gasteiger partial charge in [0.15, 0.2) is 0 Å². The molecule has 0 spiro atoms. The fourth-order valence-corrected chi connectivity index (χ4v) is 0.947.